The number of hydrogen-bond acceptors (Lipinski definition) is 5. The number of carbonyl (C=O) groups excluding carboxylic acids is 2. The fourth-order valence-electron chi connectivity index (χ4n) is 5.03. The lowest BCUT2D eigenvalue weighted by atomic mass is 9.98. The van der Waals surface area contributed by atoms with Crippen LogP contribution in [0.25, 0.3) is 11.1 Å². The Morgan fingerprint density at radius 3 is 2.29 bits per heavy atom. The van der Waals surface area contributed by atoms with Crippen LogP contribution in [0.5, 0.6) is 0 Å². The van der Waals surface area contributed by atoms with E-state index in [0.29, 0.717) is 0 Å². The van der Waals surface area contributed by atoms with E-state index in [1.54, 1.807) is 0 Å². The molecule has 6 nitrogen and oxygen atoms in total. The predicted octanol–water partition coefficient (Wildman–Crippen LogP) is 3.77. The average Bonchev–Trinajstić information content (AvgIpc) is 3.38. The van der Waals surface area contributed by atoms with Gasteiger partial charge in [0, 0.05) is 5.92 Å². The van der Waals surface area contributed by atoms with Gasteiger partial charge in [-0.15, -0.1) is 0 Å². The highest BCUT2D eigenvalue weighted by Gasteiger charge is 2.54. The number of likely N-dealkylation sites (tertiary alicyclic amines) is 1. The van der Waals surface area contributed by atoms with Crippen LogP contribution in [0.2, 0.25) is 0 Å². The van der Waals surface area contributed by atoms with Crippen LogP contribution in [0.15, 0.2) is 48.5 Å². The number of rotatable bonds is 3. The van der Waals surface area contributed by atoms with E-state index in [-0.39, 0.29) is 37.6 Å². The molecule has 2 heterocycles. The number of ether oxygens (including phenoxy) is 3. The molecular weight excluding hydrogens is 394 g/mol. The molecule has 2 aromatic carbocycles. The summed E-state index contributed by atoms with van der Waals surface area (Å²) in [4.78, 5) is 27.0. The number of hydrogen-bond donors (Lipinski definition) is 0. The van der Waals surface area contributed by atoms with Crippen molar-refractivity contribution in [2.45, 2.75) is 50.5 Å². The third kappa shape index (κ3) is 3.54. The summed E-state index contributed by atoms with van der Waals surface area (Å²) in [6.07, 6.45) is -1.28. The van der Waals surface area contributed by atoms with Crippen LogP contribution in [0, 0.1) is 0 Å². The van der Waals surface area contributed by atoms with Gasteiger partial charge in [-0.05, 0) is 43.0 Å². The van der Waals surface area contributed by atoms with Crippen molar-refractivity contribution in [3.05, 3.63) is 59.7 Å². The molecule has 1 amide bonds. The highest BCUT2D eigenvalue weighted by Crippen LogP contribution is 2.44. The zero-order valence-electron chi connectivity index (χ0n) is 18.0. The minimum absolute atomic E-state index is 0.00644. The first-order valence-corrected chi connectivity index (χ1v) is 10.8. The summed E-state index contributed by atoms with van der Waals surface area (Å²) in [6.45, 7) is 6.38. The van der Waals surface area contributed by atoms with Gasteiger partial charge in [-0.25, -0.2) is 4.79 Å². The van der Waals surface area contributed by atoms with Crippen LogP contribution in [0.4, 0.5) is 4.79 Å². The Labute approximate surface area is 182 Å². The Hall–Kier alpha value is -2.70. The third-order valence-corrected chi connectivity index (χ3v) is 6.21. The van der Waals surface area contributed by atoms with Gasteiger partial charge >= 0.3 is 6.09 Å². The van der Waals surface area contributed by atoms with Crippen molar-refractivity contribution in [1.29, 1.82) is 0 Å². The minimum Gasteiger partial charge on any atom is -0.448 e. The largest absolute Gasteiger partial charge is 0.448 e. The van der Waals surface area contributed by atoms with E-state index in [1.807, 2.05) is 45.0 Å². The van der Waals surface area contributed by atoms with E-state index in [0.717, 1.165) is 11.1 Å². The van der Waals surface area contributed by atoms with Crippen LogP contribution in [-0.4, -0.2) is 60.4 Å². The summed E-state index contributed by atoms with van der Waals surface area (Å²) in [6, 6.07) is 15.8. The smallest absolute Gasteiger partial charge is 0.410 e. The van der Waals surface area contributed by atoms with Crippen LogP contribution in [-0.2, 0) is 19.0 Å². The van der Waals surface area contributed by atoms with Crippen molar-refractivity contribution in [3.63, 3.8) is 0 Å². The maximum atomic E-state index is 13.1. The molecule has 2 aromatic rings. The molecule has 0 spiro atoms. The van der Waals surface area contributed by atoms with E-state index in [9.17, 15) is 9.59 Å². The Morgan fingerprint density at radius 1 is 1.06 bits per heavy atom. The first-order chi connectivity index (χ1) is 14.8. The van der Waals surface area contributed by atoms with Gasteiger partial charge in [0.05, 0.1) is 12.1 Å². The van der Waals surface area contributed by atoms with Gasteiger partial charge in [0.25, 0.3) is 0 Å². The van der Waals surface area contributed by atoms with Crippen LogP contribution in [0.3, 0.4) is 0 Å². The number of ketones is 1. The van der Waals surface area contributed by atoms with E-state index in [4.69, 9.17) is 14.2 Å². The SMILES string of the molecule is CC(C)(C)OC1CN(C(=O)OCC2c3ccccc3-c3ccccc32)C2C(=O)COC12. The zero-order valence-corrected chi connectivity index (χ0v) is 18.0. The summed E-state index contributed by atoms with van der Waals surface area (Å²) in [5.41, 5.74) is 4.27. The summed E-state index contributed by atoms with van der Waals surface area (Å²) in [5.74, 6) is -0.120. The third-order valence-electron chi connectivity index (χ3n) is 6.21. The van der Waals surface area contributed by atoms with Gasteiger partial charge in [0.15, 0.2) is 5.78 Å². The quantitative estimate of drug-likeness (QED) is 0.755. The highest BCUT2D eigenvalue weighted by atomic mass is 16.6. The van der Waals surface area contributed by atoms with E-state index < -0.39 is 23.8 Å². The zero-order chi connectivity index (χ0) is 21.8. The fraction of sp³-hybridized carbons (Fsp3) is 0.440. The second-order valence-electron chi connectivity index (χ2n) is 9.41. The van der Waals surface area contributed by atoms with E-state index in [2.05, 4.69) is 24.3 Å². The molecule has 0 saturated carbocycles. The normalized spacial score (nSPS) is 24.8. The number of fused-ring (bicyclic) bond motifs is 4. The second kappa shape index (κ2) is 7.46. The number of benzene rings is 2. The topological polar surface area (TPSA) is 65.1 Å². The summed E-state index contributed by atoms with van der Waals surface area (Å²) < 4.78 is 17.5. The monoisotopic (exact) mass is 421 g/mol. The molecule has 1 aliphatic carbocycles. The number of nitrogens with zero attached hydrogens (tertiary/aromatic N) is 1. The van der Waals surface area contributed by atoms with Gasteiger partial charge in [-0.3, -0.25) is 9.69 Å². The standard InChI is InChI=1S/C25H27NO5/c1-25(2,3)31-21-12-26(22-20(27)14-29-23(21)22)24(28)30-13-19-17-10-6-4-8-15(17)16-9-5-7-11-18(16)19/h4-11,19,21-23H,12-14H2,1-3H3. The molecule has 5 rings (SSSR count). The van der Waals surface area contributed by atoms with Gasteiger partial charge in [0.2, 0.25) is 0 Å². The lowest BCUT2D eigenvalue weighted by Gasteiger charge is -2.27. The van der Waals surface area contributed by atoms with E-state index in [1.165, 1.54) is 16.0 Å². The van der Waals surface area contributed by atoms with Crippen molar-refractivity contribution < 1.29 is 23.8 Å². The Kier molecular flexibility index (Phi) is 4.87. The summed E-state index contributed by atoms with van der Waals surface area (Å²) in [7, 11) is 0. The first kappa shape index (κ1) is 20.2. The fourth-order valence-corrected chi connectivity index (χ4v) is 5.03. The minimum atomic E-state index is -0.636. The van der Waals surface area contributed by atoms with Crippen molar-refractivity contribution >= 4 is 11.9 Å². The molecule has 0 aromatic heterocycles. The summed E-state index contributed by atoms with van der Waals surface area (Å²) >= 11 is 0. The lowest BCUT2D eigenvalue weighted by Crippen LogP contribution is -2.42. The molecule has 0 bridgehead atoms. The highest BCUT2D eigenvalue weighted by molar-refractivity contribution is 5.91. The van der Waals surface area contributed by atoms with Crippen molar-refractivity contribution in [2.24, 2.45) is 0 Å². The molecule has 3 atom stereocenters. The van der Waals surface area contributed by atoms with Crippen molar-refractivity contribution in [1.82, 2.24) is 4.90 Å². The molecule has 0 radical (unpaired) electrons. The van der Waals surface area contributed by atoms with Crippen LogP contribution >= 0.6 is 0 Å². The van der Waals surface area contributed by atoms with Crippen molar-refractivity contribution in [3.8, 4) is 11.1 Å². The van der Waals surface area contributed by atoms with E-state index >= 15 is 0 Å². The molecule has 31 heavy (non-hydrogen) atoms. The molecular formula is C25H27NO5. The lowest BCUT2D eigenvalue weighted by molar-refractivity contribution is -0.121. The van der Waals surface area contributed by atoms with Crippen LogP contribution < -0.4 is 0 Å². The Bertz CT molecular complexity index is 981. The van der Waals surface area contributed by atoms with Crippen LogP contribution in [0.1, 0.15) is 37.8 Å². The van der Waals surface area contributed by atoms with Gasteiger partial charge in [-0.1, -0.05) is 48.5 Å². The number of Topliss-reactive ketones (excluding diaryl/α,β-unsaturated/α-hetero) is 1. The molecule has 2 saturated heterocycles. The maximum absolute atomic E-state index is 13.1. The molecule has 3 unspecified atom stereocenters. The Balaban J connectivity index is 1.33. The molecule has 2 fully saturated rings. The number of carbonyl (C=O) groups is 2. The molecule has 162 valence electrons. The summed E-state index contributed by atoms with van der Waals surface area (Å²) in [5, 5.41) is 0. The van der Waals surface area contributed by atoms with Gasteiger partial charge in [0.1, 0.15) is 31.5 Å². The number of amides is 1. The second-order valence-corrected chi connectivity index (χ2v) is 9.41. The van der Waals surface area contributed by atoms with Gasteiger partial charge in [-0.2, -0.15) is 0 Å². The molecule has 6 heteroatoms. The first-order valence-electron chi connectivity index (χ1n) is 10.8. The Morgan fingerprint density at radius 2 is 1.68 bits per heavy atom. The maximum Gasteiger partial charge on any atom is 0.410 e. The molecule has 2 aliphatic heterocycles. The predicted molar refractivity (Wildman–Crippen MR) is 115 cm³/mol. The molecule has 3 aliphatic rings. The molecule has 0 N–H and O–H groups in total. The van der Waals surface area contributed by atoms with Gasteiger partial charge < -0.3 is 14.2 Å². The average molecular weight is 421 g/mol. The van der Waals surface area contributed by atoms with Crippen molar-refractivity contribution in [2.75, 3.05) is 19.8 Å².